The van der Waals surface area contributed by atoms with E-state index in [-0.39, 0.29) is 11.1 Å². The van der Waals surface area contributed by atoms with Gasteiger partial charge in [-0.05, 0) is 25.1 Å². The number of anilines is 1. The molecule has 3 N–H and O–H groups in total. The van der Waals surface area contributed by atoms with Crippen molar-refractivity contribution in [2.75, 3.05) is 5.32 Å². The summed E-state index contributed by atoms with van der Waals surface area (Å²) in [4.78, 5) is 22.0. The Balaban J connectivity index is 2.79. The molecule has 2 amide bonds. The fourth-order valence-electron chi connectivity index (χ4n) is 1.24. The lowest BCUT2D eigenvalue weighted by atomic mass is 10.1. The van der Waals surface area contributed by atoms with Gasteiger partial charge in [0.2, 0.25) is 0 Å². The Kier molecular flexibility index (Phi) is 4.44. The lowest BCUT2D eigenvalue weighted by Crippen LogP contribution is -2.40. The molecule has 1 aromatic carbocycles. The predicted octanol–water partition coefficient (Wildman–Crippen LogP) is 1.02. The highest BCUT2D eigenvalue weighted by atomic mass is 16.4. The zero-order valence-corrected chi connectivity index (χ0v) is 9.97. The van der Waals surface area contributed by atoms with Crippen LogP contribution in [-0.4, -0.2) is 23.1 Å². The van der Waals surface area contributed by atoms with Gasteiger partial charge in [-0.2, -0.15) is 10.5 Å². The second-order valence-electron chi connectivity index (χ2n) is 3.64. The van der Waals surface area contributed by atoms with Crippen LogP contribution in [0.2, 0.25) is 0 Å². The number of carboxylic acid groups (broad SMARTS) is 1. The van der Waals surface area contributed by atoms with Gasteiger partial charge in [0.05, 0.1) is 11.1 Å². The van der Waals surface area contributed by atoms with Crippen molar-refractivity contribution in [3.05, 3.63) is 29.3 Å². The first-order valence-corrected chi connectivity index (χ1v) is 5.22. The van der Waals surface area contributed by atoms with Gasteiger partial charge in [0.1, 0.15) is 18.2 Å². The maximum absolute atomic E-state index is 11.4. The fraction of sp³-hybridized carbons (Fsp3) is 0.167. The Morgan fingerprint density at radius 2 is 1.89 bits per heavy atom. The van der Waals surface area contributed by atoms with Gasteiger partial charge in [-0.1, -0.05) is 0 Å². The van der Waals surface area contributed by atoms with Crippen molar-refractivity contribution in [3.63, 3.8) is 0 Å². The number of aliphatic carboxylic acids is 1. The summed E-state index contributed by atoms with van der Waals surface area (Å²) in [5.41, 5.74) is 0.629. The molecule has 1 unspecified atom stereocenters. The molecule has 0 saturated heterocycles. The van der Waals surface area contributed by atoms with Gasteiger partial charge in [-0.3, -0.25) is 4.79 Å². The lowest BCUT2D eigenvalue weighted by molar-refractivity contribution is -0.138. The van der Waals surface area contributed by atoms with Gasteiger partial charge < -0.3 is 15.7 Å². The monoisotopic (exact) mass is 258 g/mol. The molecule has 7 nitrogen and oxygen atoms in total. The minimum atomic E-state index is -1.16. The quantitative estimate of drug-likeness (QED) is 0.746. The van der Waals surface area contributed by atoms with E-state index in [0.29, 0.717) is 5.69 Å². The molecule has 0 fully saturated rings. The molecule has 7 heteroatoms. The topological polar surface area (TPSA) is 126 Å². The van der Waals surface area contributed by atoms with Crippen molar-refractivity contribution >= 4 is 17.7 Å². The number of carbonyl (C=O) groups is 2. The summed E-state index contributed by atoms with van der Waals surface area (Å²) in [6, 6.07) is 6.12. The molecule has 0 aliphatic heterocycles. The molecule has 0 heterocycles. The average Bonchev–Trinajstić information content (AvgIpc) is 2.38. The van der Waals surface area contributed by atoms with Crippen LogP contribution >= 0.6 is 0 Å². The standard InChI is InChI=1S/C12H10N4O3/c1-7(11(17)18)15-12(19)16-10-3-2-8(5-13)9(4-10)6-14/h2-4,7H,1H3,(H,17,18)(H2,15,16,19). The van der Waals surface area contributed by atoms with Crippen LogP contribution in [0.25, 0.3) is 0 Å². The average molecular weight is 258 g/mol. The number of hydrogen-bond acceptors (Lipinski definition) is 4. The van der Waals surface area contributed by atoms with Crippen molar-refractivity contribution in [3.8, 4) is 12.1 Å². The smallest absolute Gasteiger partial charge is 0.325 e. The van der Waals surface area contributed by atoms with E-state index in [9.17, 15) is 9.59 Å². The van der Waals surface area contributed by atoms with E-state index >= 15 is 0 Å². The van der Waals surface area contributed by atoms with Crippen LogP contribution in [0, 0.1) is 22.7 Å². The number of benzene rings is 1. The highest BCUT2D eigenvalue weighted by Crippen LogP contribution is 2.14. The van der Waals surface area contributed by atoms with Crippen LogP contribution in [-0.2, 0) is 4.79 Å². The van der Waals surface area contributed by atoms with Gasteiger partial charge in [-0.25, -0.2) is 4.79 Å². The summed E-state index contributed by atoms with van der Waals surface area (Å²) >= 11 is 0. The third kappa shape index (κ3) is 3.72. The molecule has 19 heavy (non-hydrogen) atoms. The van der Waals surface area contributed by atoms with Gasteiger partial charge in [0, 0.05) is 5.69 Å². The van der Waals surface area contributed by atoms with Crippen LogP contribution in [0.15, 0.2) is 18.2 Å². The van der Waals surface area contributed by atoms with Crippen molar-refractivity contribution in [2.45, 2.75) is 13.0 Å². The maximum atomic E-state index is 11.4. The first kappa shape index (κ1) is 14.0. The molecule has 0 aromatic heterocycles. The first-order valence-electron chi connectivity index (χ1n) is 5.22. The van der Waals surface area contributed by atoms with Gasteiger partial charge >= 0.3 is 12.0 Å². The molecule has 0 aliphatic carbocycles. The number of carbonyl (C=O) groups excluding carboxylic acids is 1. The summed E-state index contributed by atoms with van der Waals surface area (Å²) in [6.07, 6.45) is 0. The SMILES string of the molecule is CC(NC(=O)Nc1ccc(C#N)c(C#N)c1)C(=O)O. The number of carboxylic acids is 1. The van der Waals surface area contributed by atoms with Gasteiger partial charge in [0.15, 0.2) is 0 Å². The highest BCUT2D eigenvalue weighted by Gasteiger charge is 2.14. The molecule has 1 aromatic rings. The Labute approximate surface area is 109 Å². The number of nitrogens with one attached hydrogen (secondary N) is 2. The highest BCUT2D eigenvalue weighted by molar-refractivity contribution is 5.92. The second-order valence-corrected chi connectivity index (χ2v) is 3.64. The van der Waals surface area contributed by atoms with Gasteiger partial charge in [-0.15, -0.1) is 0 Å². The number of rotatable bonds is 3. The number of amides is 2. The first-order chi connectivity index (χ1) is 8.97. The summed E-state index contributed by atoms with van der Waals surface area (Å²) in [5, 5.41) is 30.8. The number of nitrogens with zero attached hydrogens (tertiary/aromatic N) is 2. The Morgan fingerprint density at radius 3 is 2.42 bits per heavy atom. The molecule has 1 atom stereocenters. The number of nitriles is 2. The minimum absolute atomic E-state index is 0.131. The van der Waals surface area contributed by atoms with Crippen molar-refractivity contribution in [2.24, 2.45) is 0 Å². The minimum Gasteiger partial charge on any atom is -0.480 e. The van der Waals surface area contributed by atoms with Crippen molar-refractivity contribution in [1.82, 2.24) is 5.32 Å². The molecule has 0 radical (unpaired) electrons. The largest absolute Gasteiger partial charge is 0.480 e. The van der Waals surface area contributed by atoms with E-state index in [4.69, 9.17) is 15.6 Å². The van der Waals surface area contributed by atoms with Crippen LogP contribution < -0.4 is 10.6 Å². The van der Waals surface area contributed by atoms with Crippen LogP contribution in [0.4, 0.5) is 10.5 Å². The third-order valence-electron chi connectivity index (χ3n) is 2.24. The lowest BCUT2D eigenvalue weighted by Gasteiger charge is -2.11. The Morgan fingerprint density at radius 1 is 1.26 bits per heavy atom. The van der Waals surface area contributed by atoms with Crippen molar-refractivity contribution in [1.29, 1.82) is 10.5 Å². The fourth-order valence-corrected chi connectivity index (χ4v) is 1.24. The van der Waals surface area contributed by atoms with Crippen LogP contribution in [0.3, 0.4) is 0 Å². The second kappa shape index (κ2) is 6.03. The molecule has 96 valence electrons. The zero-order valence-electron chi connectivity index (χ0n) is 9.97. The molecule has 0 aliphatic rings. The van der Waals surface area contributed by atoms with E-state index in [2.05, 4.69) is 10.6 Å². The van der Waals surface area contributed by atoms with E-state index in [1.807, 2.05) is 12.1 Å². The zero-order chi connectivity index (χ0) is 14.4. The summed E-state index contributed by atoms with van der Waals surface area (Å²) in [5.74, 6) is -1.16. The normalized spacial score (nSPS) is 10.7. The van der Waals surface area contributed by atoms with E-state index in [0.717, 1.165) is 0 Å². The van der Waals surface area contributed by atoms with E-state index in [1.54, 1.807) is 0 Å². The number of urea groups is 1. The van der Waals surface area contributed by atoms with Crippen LogP contribution in [0.1, 0.15) is 18.1 Å². The molecule has 0 saturated carbocycles. The summed E-state index contributed by atoms with van der Waals surface area (Å²) in [6.45, 7) is 1.32. The van der Waals surface area contributed by atoms with Crippen LogP contribution in [0.5, 0.6) is 0 Å². The van der Waals surface area contributed by atoms with E-state index in [1.165, 1.54) is 25.1 Å². The summed E-state index contributed by atoms with van der Waals surface area (Å²) in [7, 11) is 0. The Bertz CT molecular complexity index is 598. The molecule has 1 rings (SSSR count). The molecule has 0 bridgehead atoms. The Hall–Kier alpha value is -3.06. The molecular weight excluding hydrogens is 248 g/mol. The number of hydrogen-bond donors (Lipinski definition) is 3. The van der Waals surface area contributed by atoms with Crippen molar-refractivity contribution < 1.29 is 14.7 Å². The maximum Gasteiger partial charge on any atom is 0.325 e. The summed E-state index contributed by atoms with van der Waals surface area (Å²) < 4.78 is 0. The van der Waals surface area contributed by atoms with Gasteiger partial charge in [0.25, 0.3) is 0 Å². The molecular formula is C12H10N4O3. The third-order valence-corrected chi connectivity index (χ3v) is 2.24. The predicted molar refractivity (Wildman–Crippen MR) is 65.1 cm³/mol. The molecule has 0 spiro atoms. The van der Waals surface area contributed by atoms with E-state index < -0.39 is 18.0 Å².